The van der Waals surface area contributed by atoms with Crippen molar-refractivity contribution in [3.63, 3.8) is 0 Å². The van der Waals surface area contributed by atoms with Gasteiger partial charge in [0.25, 0.3) is 0 Å². The standard InChI is InChI=1S/C21H22ClN3O2/c1-13(2)15-5-7-16(8-6-15)21-24-20(27-25-21)11-10-19(26)23-18-12-17(22)9-4-14(18)3/h4-9,12-13H,10-11H2,1-3H3,(H,23,26). The molecule has 0 aliphatic carbocycles. The Morgan fingerprint density at radius 3 is 2.63 bits per heavy atom. The first-order valence-corrected chi connectivity index (χ1v) is 9.29. The number of aromatic nitrogens is 2. The zero-order chi connectivity index (χ0) is 19.4. The molecule has 3 rings (SSSR count). The van der Waals surface area contributed by atoms with E-state index in [0.717, 1.165) is 11.1 Å². The molecule has 140 valence electrons. The number of carbonyl (C=O) groups is 1. The third-order valence-corrected chi connectivity index (χ3v) is 4.58. The molecule has 2 aromatic carbocycles. The molecule has 3 aromatic rings. The summed E-state index contributed by atoms with van der Waals surface area (Å²) in [4.78, 5) is 16.6. The number of amides is 1. The molecule has 0 saturated heterocycles. The second-order valence-electron chi connectivity index (χ2n) is 6.80. The lowest BCUT2D eigenvalue weighted by molar-refractivity contribution is -0.116. The second-order valence-corrected chi connectivity index (χ2v) is 7.23. The summed E-state index contributed by atoms with van der Waals surface area (Å²) < 4.78 is 5.28. The molecule has 0 aliphatic rings. The highest BCUT2D eigenvalue weighted by atomic mass is 35.5. The Balaban J connectivity index is 1.59. The van der Waals surface area contributed by atoms with Gasteiger partial charge in [-0.05, 0) is 36.1 Å². The average Bonchev–Trinajstić information content (AvgIpc) is 3.12. The molecule has 0 fully saturated rings. The van der Waals surface area contributed by atoms with Gasteiger partial charge in [0.15, 0.2) is 0 Å². The zero-order valence-corrected chi connectivity index (χ0v) is 16.4. The summed E-state index contributed by atoms with van der Waals surface area (Å²) in [5.74, 6) is 1.32. The Morgan fingerprint density at radius 2 is 1.93 bits per heavy atom. The van der Waals surface area contributed by atoms with Gasteiger partial charge < -0.3 is 9.84 Å². The van der Waals surface area contributed by atoms with Crippen LogP contribution in [-0.4, -0.2) is 16.0 Å². The fraction of sp³-hybridized carbons (Fsp3) is 0.286. The SMILES string of the molecule is Cc1ccc(Cl)cc1NC(=O)CCc1nc(-c2ccc(C(C)C)cc2)no1. The summed E-state index contributed by atoms with van der Waals surface area (Å²) in [7, 11) is 0. The van der Waals surface area contributed by atoms with Crippen molar-refractivity contribution in [1.82, 2.24) is 10.1 Å². The predicted molar refractivity (Wildman–Crippen MR) is 107 cm³/mol. The molecule has 0 radical (unpaired) electrons. The van der Waals surface area contributed by atoms with Crippen LogP contribution in [0.15, 0.2) is 47.0 Å². The third-order valence-electron chi connectivity index (χ3n) is 4.34. The van der Waals surface area contributed by atoms with Crippen molar-refractivity contribution in [2.45, 2.75) is 39.5 Å². The van der Waals surface area contributed by atoms with Gasteiger partial charge >= 0.3 is 0 Å². The van der Waals surface area contributed by atoms with Gasteiger partial charge in [-0.1, -0.05) is 60.9 Å². The van der Waals surface area contributed by atoms with Crippen molar-refractivity contribution in [3.8, 4) is 11.4 Å². The van der Waals surface area contributed by atoms with E-state index in [-0.39, 0.29) is 12.3 Å². The van der Waals surface area contributed by atoms with Crippen molar-refractivity contribution in [1.29, 1.82) is 0 Å². The van der Waals surface area contributed by atoms with Gasteiger partial charge in [-0.25, -0.2) is 0 Å². The Morgan fingerprint density at radius 1 is 1.19 bits per heavy atom. The fourth-order valence-electron chi connectivity index (χ4n) is 2.65. The number of carbonyl (C=O) groups excluding carboxylic acids is 1. The van der Waals surface area contributed by atoms with Crippen LogP contribution < -0.4 is 5.32 Å². The van der Waals surface area contributed by atoms with Crippen LogP contribution in [0.2, 0.25) is 5.02 Å². The van der Waals surface area contributed by atoms with E-state index in [1.807, 2.05) is 25.1 Å². The smallest absolute Gasteiger partial charge is 0.227 e. The molecule has 6 heteroatoms. The lowest BCUT2D eigenvalue weighted by Crippen LogP contribution is -2.13. The van der Waals surface area contributed by atoms with E-state index in [1.165, 1.54) is 5.56 Å². The van der Waals surface area contributed by atoms with Crippen LogP contribution in [-0.2, 0) is 11.2 Å². The van der Waals surface area contributed by atoms with Crippen molar-refractivity contribution >= 4 is 23.2 Å². The van der Waals surface area contributed by atoms with Gasteiger partial charge in [0.2, 0.25) is 17.6 Å². The molecule has 1 N–H and O–H groups in total. The molecule has 0 saturated carbocycles. The minimum atomic E-state index is -0.124. The van der Waals surface area contributed by atoms with Crippen LogP contribution >= 0.6 is 11.6 Å². The number of rotatable bonds is 6. The number of aryl methyl sites for hydroxylation is 2. The third kappa shape index (κ3) is 4.95. The normalized spacial score (nSPS) is 11.0. The largest absolute Gasteiger partial charge is 0.339 e. The zero-order valence-electron chi connectivity index (χ0n) is 15.6. The van der Waals surface area contributed by atoms with Crippen LogP contribution in [0, 0.1) is 6.92 Å². The van der Waals surface area contributed by atoms with Gasteiger partial charge in [0.1, 0.15) is 0 Å². The Labute approximate surface area is 163 Å². The van der Waals surface area contributed by atoms with Gasteiger partial charge in [0.05, 0.1) is 0 Å². The van der Waals surface area contributed by atoms with E-state index in [0.29, 0.717) is 34.8 Å². The molecule has 27 heavy (non-hydrogen) atoms. The lowest BCUT2D eigenvalue weighted by Gasteiger charge is -2.08. The number of hydrogen-bond donors (Lipinski definition) is 1. The van der Waals surface area contributed by atoms with Crippen molar-refractivity contribution in [3.05, 3.63) is 64.5 Å². The Hall–Kier alpha value is -2.66. The number of halogens is 1. The maximum absolute atomic E-state index is 12.2. The quantitative estimate of drug-likeness (QED) is 0.619. The molecule has 0 bridgehead atoms. The molecular weight excluding hydrogens is 362 g/mol. The monoisotopic (exact) mass is 383 g/mol. The van der Waals surface area contributed by atoms with E-state index in [9.17, 15) is 4.79 Å². The Kier molecular flexibility index (Phi) is 5.91. The van der Waals surface area contributed by atoms with Crippen LogP contribution in [0.3, 0.4) is 0 Å². The van der Waals surface area contributed by atoms with Crippen LogP contribution in [0.25, 0.3) is 11.4 Å². The van der Waals surface area contributed by atoms with Gasteiger partial charge in [-0.15, -0.1) is 0 Å². The molecule has 0 aliphatic heterocycles. The summed E-state index contributed by atoms with van der Waals surface area (Å²) in [6.07, 6.45) is 0.627. The minimum Gasteiger partial charge on any atom is -0.339 e. The van der Waals surface area contributed by atoms with E-state index in [4.69, 9.17) is 16.1 Å². The molecule has 1 amide bonds. The van der Waals surface area contributed by atoms with Crippen LogP contribution in [0.5, 0.6) is 0 Å². The van der Waals surface area contributed by atoms with Crippen LogP contribution in [0.4, 0.5) is 5.69 Å². The predicted octanol–water partition coefficient (Wildman–Crippen LogP) is 5.39. The first kappa shape index (κ1) is 19.1. The van der Waals surface area contributed by atoms with Gasteiger partial charge in [0, 0.05) is 29.1 Å². The fourth-order valence-corrected chi connectivity index (χ4v) is 2.82. The van der Waals surface area contributed by atoms with E-state index in [1.54, 1.807) is 12.1 Å². The second kappa shape index (κ2) is 8.35. The molecule has 1 aromatic heterocycles. The number of nitrogens with zero attached hydrogens (tertiary/aromatic N) is 2. The van der Waals surface area contributed by atoms with E-state index < -0.39 is 0 Å². The summed E-state index contributed by atoms with van der Waals surface area (Å²) in [6, 6.07) is 13.5. The summed E-state index contributed by atoms with van der Waals surface area (Å²) >= 11 is 5.98. The molecule has 0 atom stereocenters. The van der Waals surface area contributed by atoms with Gasteiger partial charge in [-0.2, -0.15) is 4.98 Å². The summed E-state index contributed by atoms with van der Waals surface area (Å²) in [5.41, 5.74) is 3.82. The van der Waals surface area contributed by atoms with Crippen molar-refractivity contribution in [2.24, 2.45) is 0 Å². The van der Waals surface area contributed by atoms with E-state index in [2.05, 4.69) is 41.4 Å². The highest BCUT2D eigenvalue weighted by Gasteiger charge is 2.12. The number of anilines is 1. The lowest BCUT2D eigenvalue weighted by atomic mass is 10.0. The van der Waals surface area contributed by atoms with Gasteiger partial charge in [-0.3, -0.25) is 4.79 Å². The number of nitrogens with one attached hydrogen (secondary N) is 1. The molecular formula is C21H22ClN3O2. The number of hydrogen-bond acceptors (Lipinski definition) is 4. The summed E-state index contributed by atoms with van der Waals surface area (Å²) in [6.45, 7) is 6.22. The Bertz CT molecular complexity index is 933. The van der Waals surface area contributed by atoms with Crippen LogP contribution in [0.1, 0.15) is 43.2 Å². The van der Waals surface area contributed by atoms with Crippen molar-refractivity contribution in [2.75, 3.05) is 5.32 Å². The average molecular weight is 384 g/mol. The van der Waals surface area contributed by atoms with Crippen molar-refractivity contribution < 1.29 is 9.32 Å². The van der Waals surface area contributed by atoms with E-state index >= 15 is 0 Å². The first-order chi connectivity index (χ1) is 12.9. The maximum atomic E-state index is 12.2. The molecule has 1 heterocycles. The number of benzene rings is 2. The molecule has 0 unspecified atom stereocenters. The minimum absolute atomic E-state index is 0.124. The topological polar surface area (TPSA) is 68.0 Å². The highest BCUT2D eigenvalue weighted by Crippen LogP contribution is 2.22. The molecule has 0 spiro atoms. The first-order valence-electron chi connectivity index (χ1n) is 8.91. The molecule has 5 nitrogen and oxygen atoms in total. The summed E-state index contributed by atoms with van der Waals surface area (Å²) in [5, 5.41) is 7.46. The maximum Gasteiger partial charge on any atom is 0.227 e. The highest BCUT2D eigenvalue weighted by molar-refractivity contribution is 6.31.